The molecule has 2 rings (SSSR count). The van der Waals surface area contributed by atoms with Crippen LogP contribution in [0.5, 0.6) is 0 Å². The van der Waals surface area contributed by atoms with Gasteiger partial charge in [0.15, 0.2) is 0 Å². The SMILES string of the molecule is CCNc1nccc(CN2CCCCC2C)n1. The number of anilines is 1. The van der Waals surface area contributed by atoms with Gasteiger partial charge in [-0.05, 0) is 39.3 Å². The van der Waals surface area contributed by atoms with E-state index in [1.54, 1.807) is 0 Å². The van der Waals surface area contributed by atoms with Crippen LogP contribution in [-0.2, 0) is 6.54 Å². The molecule has 1 aliphatic rings. The smallest absolute Gasteiger partial charge is 0.222 e. The zero-order valence-corrected chi connectivity index (χ0v) is 10.8. The van der Waals surface area contributed by atoms with Crippen LogP contribution in [0.25, 0.3) is 0 Å². The van der Waals surface area contributed by atoms with Gasteiger partial charge in [-0.15, -0.1) is 0 Å². The van der Waals surface area contributed by atoms with Crippen molar-refractivity contribution in [2.75, 3.05) is 18.4 Å². The molecular weight excluding hydrogens is 212 g/mol. The highest BCUT2D eigenvalue weighted by Crippen LogP contribution is 2.18. The molecule has 1 atom stereocenters. The van der Waals surface area contributed by atoms with E-state index in [0.717, 1.165) is 24.7 Å². The summed E-state index contributed by atoms with van der Waals surface area (Å²) in [4.78, 5) is 11.2. The summed E-state index contributed by atoms with van der Waals surface area (Å²) in [5.41, 5.74) is 1.12. The van der Waals surface area contributed by atoms with E-state index >= 15 is 0 Å². The van der Waals surface area contributed by atoms with Gasteiger partial charge in [-0.1, -0.05) is 6.42 Å². The Balaban J connectivity index is 1.99. The average Bonchev–Trinajstić information content (AvgIpc) is 2.33. The largest absolute Gasteiger partial charge is 0.354 e. The third-order valence-electron chi connectivity index (χ3n) is 3.35. The molecule has 17 heavy (non-hydrogen) atoms. The summed E-state index contributed by atoms with van der Waals surface area (Å²) >= 11 is 0. The summed E-state index contributed by atoms with van der Waals surface area (Å²) in [5, 5.41) is 3.16. The Labute approximate surface area is 103 Å². The first-order valence-electron chi connectivity index (χ1n) is 6.59. The van der Waals surface area contributed by atoms with Gasteiger partial charge < -0.3 is 5.32 Å². The fraction of sp³-hybridized carbons (Fsp3) is 0.692. The van der Waals surface area contributed by atoms with Crippen LogP contribution in [0.4, 0.5) is 5.95 Å². The first kappa shape index (κ1) is 12.3. The molecule has 1 aromatic rings. The zero-order chi connectivity index (χ0) is 12.1. The molecule has 2 heterocycles. The molecule has 0 amide bonds. The third-order valence-corrected chi connectivity index (χ3v) is 3.35. The van der Waals surface area contributed by atoms with E-state index in [1.165, 1.54) is 25.8 Å². The molecule has 4 nitrogen and oxygen atoms in total. The standard InChI is InChI=1S/C13H22N4/c1-3-14-13-15-8-7-12(16-13)10-17-9-5-4-6-11(17)2/h7-8,11H,3-6,9-10H2,1-2H3,(H,14,15,16). The van der Waals surface area contributed by atoms with Crippen molar-refractivity contribution in [3.8, 4) is 0 Å². The highest BCUT2D eigenvalue weighted by Gasteiger charge is 2.18. The quantitative estimate of drug-likeness (QED) is 0.867. The van der Waals surface area contributed by atoms with E-state index in [4.69, 9.17) is 0 Å². The van der Waals surface area contributed by atoms with Gasteiger partial charge in [0.25, 0.3) is 0 Å². The Hall–Kier alpha value is -1.16. The van der Waals surface area contributed by atoms with E-state index in [2.05, 4.69) is 34.0 Å². The molecule has 1 fully saturated rings. The van der Waals surface area contributed by atoms with Crippen LogP contribution in [0.2, 0.25) is 0 Å². The fourth-order valence-corrected chi connectivity index (χ4v) is 2.33. The van der Waals surface area contributed by atoms with E-state index < -0.39 is 0 Å². The second kappa shape index (κ2) is 5.96. The molecule has 1 aromatic heterocycles. The van der Waals surface area contributed by atoms with E-state index in [-0.39, 0.29) is 0 Å². The molecule has 94 valence electrons. The van der Waals surface area contributed by atoms with Crippen LogP contribution in [-0.4, -0.2) is 34.0 Å². The Morgan fingerprint density at radius 3 is 3.12 bits per heavy atom. The number of nitrogens with one attached hydrogen (secondary N) is 1. The first-order valence-corrected chi connectivity index (χ1v) is 6.59. The van der Waals surface area contributed by atoms with Gasteiger partial charge in [-0.2, -0.15) is 0 Å². The maximum absolute atomic E-state index is 4.53. The molecule has 0 bridgehead atoms. The average molecular weight is 234 g/mol. The molecule has 1 N–H and O–H groups in total. The minimum Gasteiger partial charge on any atom is -0.354 e. The van der Waals surface area contributed by atoms with E-state index in [1.807, 2.05) is 12.3 Å². The Morgan fingerprint density at radius 2 is 2.35 bits per heavy atom. The zero-order valence-electron chi connectivity index (χ0n) is 10.8. The van der Waals surface area contributed by atoms with Crippen LogP contribution in [0.1, 0.15) is 38.8 Å². The molecule has 0 saturated carbocycles. The summed E-state index contributed by atoms with van der Waals surface area (Å²) in [5.74, 6) is 0.745. The summed E-state index contributed by atoms with van der Waals surface area (Å²) in [6, 6.07) is 2.70. The molecular formula is C13H22N4. The molecule has 0 aromatic carbocycles. The number of aromatic nitrogens is 2. The Morgan fingerprint density at radius 1 is 1.47 bits per heavy atom. The lowest BCUT2D eigenvalue weighted by molar-refractivity contribution is 0.151. The van der Waals surface area contributed by atoms with Gasteiger partial charge in [0.05, 0.1) is 5.69 Å². The van der Waals surface area contributed by atoms with Crippen molar-refractivity contribution < 1.29 is 0 Å². The minimum atomic E-state index is 0.682. The molecule has 0 spiro atoms. The molecule has 1 unspecified atom stereocenters. The summed E-state index contributed by atoms with van der Waals surface area (Å²) in [6.45, 7) is 7.38. The lowest BCUT2D eigenvalue weighted by Crippen LogP contribution is -2.37. The van der Waals surface area contributed by atoms with Gasteiger partial charge in [0, 0.05) is 25.3 Å². The fourth-order valence-electron chi connectivity index (χ4n) is 2.33. The number of hydrogen-bond acceptors (Lipinski definition) is 4. The molecule has 1 saturated heterocycles. The molecule has 0 radical (unpaired) electrons. The maximum Gasteiger partial charge on any atom is 0.222 e. The minimum absolute atomic E-state index is 0.682. The Bertz CT molecular complexity index is 353. The monoisotopic (exact) mass is 234 g/mol. The van der Waals surface area contributed by atoms with Crippen molar-refractivity contribution in [3.63, 3.8) is 0 Å². The van der Waals surface area contributed by atoms with Crippen molar-refractivity contribution in [2.24, 2.45) is 0 Å². The van der Waals surface area contributed by atoms with Crippen LogP contribution < -0.4 is 5.32 Å². The third kappa shape index (κ3) is 3.40. The lowest BCUT2D eigenvalue weighted by atomic mass is 10.0. The van der Waals surface area contributed by atoms with Crippen molar-refractivity contribution in [3.05, 3.63) is 18.0 Å². The second-order valence-corrected chi connectivity index (χ2v) is 4.72. The van der Waals surface area contributed by atoms with Crippen LogP contribution >= 0.6 is 0 Å². The molecule has 4 heteroatoms. The molecule has 0 aliphatic carbocycles. The normalized spacial score (nSPS) is 21.4. The maximum atomic E-state index is 4.53. The highest BCUT2D eigenvalue weighted by atomic mass is 15.2. The van der Waals surface area contributed by atoms with Crippen molar-refractivity contribution in [2.45, 2.75) is 45.7 Å². The lowest BCUT2D eigenvalue weighted by Gasteiger charge is -2.32. The predicted octanol–water partition coefficient (Wildman–Crippen LogP) is 2.28. The van der Waals surface area contributed by atoms with Crippen molar-refractivity contribution in [1.29, 1.82) is 0 Å². The van der Waals surface area contributed by atoms with Crippen LogP contribution in [0.3, 0.4) is 0 Å². The predicted molar refractivity (Wildman–Crippen MR) is 69.9 cm³/mol. The number of piperidine rings is 1. The number of likely N-dealkylation sites (tertiary alicyclic amines) is 1. The van der Waals surface area contributed by atoms with E-state index in [0.29, 0.717) is 6.04 Å². The van der Waals surface area contributed by atoms with Gasteiger partial charge in [-0.3, -0.25) is 4.90 Å². The number of nitrogens with zero attached hydrogens (tertiary/aromatic N) is 3. The summed E-state index contributed by atoms with van der Waals surface area (Å²) in [7, 11) is 0. The number of rotatable bonds is 4. The summed E-state index contributed by atoms with van der Waals surface area (Å²) in [6.07, 6.45) is 5.83. The Kier molecular flexibility index (Phi) is 4.31. The van der Waals surface area contributed by atoms with E-state index in [9.17, 15) is 0 Å². The van der Waals surface area contributed by atoms with Crippen molar-refractivity contribution in [1.82, 2.24) is 14.9 Å². The van der Waals surface area contributed by atoms with Crippen molar-refractivity contribution >= 4 is 5.95 Å². The first-order chi connectivity index (χ1) is 8.29. The highest BCUT2D eigenvalue weighted by molar-refractivity contribution is 5.24. The van der Waals surface area contributed by atoms with Gasteiger partial charge in [0.1, 0.15) is 0 Å². The topological polar surface area (TPSA) is 41.1 Å². The second-order valence-electron chi connectivity index (χ2n) is 4.72. The molecule has 1 aliphatic heterocycles. The summed E-state index contributed by atoms with van der Waals surface area (Å²) < 4.78 is 0. The number of hydrogen-bond donors (Lipinski definition) is 1. The van der Waals surface area contributed by atoms with Gasteiger partial charge in [-0.25, -0.2) is 9.97 Å². The van der Waals surface area contributed by atoms with Gasteiger partial charge >= 0.3 is 0 Å². The van der Waals surface area contributed by atoms with Crippen LogP contribution in [0.15, 0.2) is 12.3 Å². The van der Waals surface area contributed by atoms with Crippen LogP contribution in [0, 0.1) is 0 Å². The van der Waals surface area contributed by atoms with Gasteiger partial charge in [0.2, 0.25) is 5.95 Å².